The zero-order valence-corrected chi connectivity index (χ0v) is 21.9. The molecule has 0 bridgehead atoms. The Morgan fingerprint density at radius 2 is 1.76 bits per heavy atom. The normalized spacial score (nSPS) is 28.0. The fourth-order valence-electron chi connectivity index (χ4n) is 6.45. The number of anilines is 1. The van der Waals surface area contributed by atoms with Crippen LogP contribution in [0.2, 0.25) is 5.15 Å². The van der Waals surface area contributed by atoms with Gasteiger partial charge < -0.3 is 20.0 Å². The third-order valence-corrected chi connectivity index (χ3v) is 7.98. The molecule has 1 aromatic heterocycles. The zero-order chi connectivity index (χ0) is 25.8. The molecule has 2 aliphatic rings. The Hall–Kier alpha value is -2.09. The molecule has 3 heterocycles. The Bertz CT molecular complexity index is 970. The second kappa shape index (κ2) is 8.85. The number of hydrogen-bond acceptors (Lipinski definition) is 4. The van der Waals surface area contributed by atoms with E-state index in [-0.39, 0.29) is 23.8 Å². The van der Waals surface area contributed by atoms with Crippen molar-refractivity contribution in [3.05, 3.63) is 22.7 Å². The van der Waals surface area contributed by atoms with Crippen molar-refractivity contribution < 1.29 is 24.2 Å². The lowest BCUT2D eigenvalue weighted by Gasteiger charge is -2.60. The van der Waals surface area contributed by atoms with Crippen LogP contribution in [-0.4, -0.2) is 57.8 Å². The maximum absolute atomic E-state index is 15.8. The van der Waals surface area contributed by atoms with Gasteiger partial charge in [-0.15, -0.1) is 0 Å². The van der Waals surface area contributed by atoms with Crippen molar-refractivity contribution in [3.63, 3.8) is 0 Å². The molecule has 7 nitrogen and oxygen atoms in total. The number of aromatic nitrogens is 1. The van der Waals surface area contributed by atoms with Crippen molar-refractivity contribution in [1.82, 2.24) is 9.88 Å². The molecular formula is C25H37ClFN3O4. The fourth-order valence-corrected chi connectivity index (χ4v) is 6.66. The summed E-state index contributed by atoms with van der Waals surface area (Å²) in [6.07, 6.45) is -0.298. The molecule has 2 N–H and O–H groups in total. The predicted octanol–water partition coefficient (Wildman–Crippen LogP) is 5.40. The monoisotopic (exact) mass is 497 g/mol. The molecule has 0 spiro atoms. The second-order valence-electron chi connectivity index (χ2n) is 12.0. The number of rotatable bonds is 4. The third kappa shape index (κ3) is 4.45. The van der Waals surface area contributed by atoms with E-state index >= 15 is 4.39 Å². The number of pyridine rings is 1. The number of carbonyl (C=O) groups is 2. The van der Waals surface area contributed by atoms with E-state index < -0.39 is 52.0 Å². The molecule has 2 fully saturated rings. The van der Waals surface area contributed by atoms with E-state index in [1.807, 2.05) is 46.4 Å². The molecule has 0 radical (unpaired) electrons. The van der Waals surface area contributed by atoms with Crippen LogP contribution in [0.1, 0.15) is 60.6 Å². The van der Waals surface area contributed by atoms with Crippen LogP contribution in [0.25, 0.3) is 0 Å². The first-order chi connectivity index (χ1) is 15.5. The summed E-state index contributed by atoms with van der Waals surface area (Å²) in [5.74, 6) is -2.81. The van der Waals surface area contributed by atoms with Crippen LogP contribution in [0.3, 0.4) is 0 Å². The van der Waals surface area contributed by atoms with Crippen LogP contribution in [0.5, 0.6) is 0 Å². The highest BCUT2D eigenvalue weighted by molar-refractivity contribution is 6.29. The van der Waals surface area contributed by atoms with E-state index in [2.05, 4.69) is 4.98 Å². The molecule has 2 saturated heterocycles. The summed E-state index contributed by atoms with van der Waals surface area (Å²) in [6, 6.07) is 0.898. The van der Waals surface area contributed by atoms with Crippen molar-refractivity contribution in [2.75, 3.05) is 24.5 Å². The molecule has 190 valence electrons. The minimum absolute atomic E-state index is 0.0243. The molecule has 1 aromatic rings. The van der Waals surface area contributed by atoms with Crippen LogP contribution in [-0.2, 0) is 11.2 Å². The topological polar surface area (TPSA) is 94.0 Å². The summed E-state index contributed by atoms with van der Waals surface area (Å²) in [7, 11) is 0. The van der Waals surface area contributed by atoms with E-state index in [9.17, 15) is 19.8 Å². The number of halogens is 2. The molecule has 0 aliphatic carbocycles. The Morgan fingerprint density at radius 1 is 1.18 bits per heavy atom. The van der Waals surface area contributed by atoms with Gasteiger partial charge >= 0.3 is 12.1 Å². The van der Waals surface area contributed by atoms with Gasteiger partial charge in [0.25, 0.3) is 0 Å². The Kier molecular flexibility index (Phi) is 6.90. The summed E-state index contributed by atoms with van der Waals surface area (Å²) in [5.41, 5.74) is -2.27. The molecule has 9 heteroatoms. The van der Waals surface area contributed by atoms with Crippen LogP contribution in [0.15, 0.2) is 6.07 Å². The first-order valence-electron chi connectivity index (χ1n) is 11.8. The van der Waals surface area contributed by atoms with Gasteiger partial charge in [-0.1, -0.05) is 53.1 Å². The highest BCUT2D eigenvalue weighted by Gasteiger charge is 2.64. The lowest BCUT2D eigenvalue weighted by Crippen LogP contribution is -2.68. The smallest absolute Gasteiger partial charge is 0.407 e. The summed E-state index contributed by atoms with van der Waals surface area (Å²) >= 11 is 6.30. The molecule has 0 saturated carbocycles. The van der Waals surface area contributed by atoms with E-state index in [0.29, 0.717) is 18.8 Å². The Balaban J connectivity index is 2.27. The van der Waals surface area contributed by atoms with Crippen LogP contribution < -0.4 is 4.90 Å². The van der Waals surface area contributed by atoms with Crippen LogP contribution >= 0.6 is 11.6 Å². The van der Waals surface area contributed by atoms with Crippen molar-refractivity contribution in [3.8, 4) is 0 Å². The Labute approximate surface area is 206 Å². The van der Waals surface area contributed by atoms with Crippen LogP contribution in [0.4, 0.5) is 14.9 Å². The fraction of sp³-hybridized carbons (Fsp3) is 0.720. The number of hydrogen-bond donors (Lipinski definition) is 2. The molecule has 34 heavy (non-hydrogen) atoms. The third-order valence-electron chi connectivity index (χ3n) is 7.78. The number of nitrogens with zero attached hydrogens (tertiary/aromatic N) is 3. The molecule has 3 rings (SSSR count). The summed E-state index contributed by atoms with van der Waals surface area (Å²) in [6.45, 7) is 14.7. The first kappa shape index (κ1) is 26.5. The maximum Gasteiger partial charge on any atom is 0.407 e. The molecular weight excluding hydrogens is 461 g/mol. The van der Waals surface area contributed by atoms with Gasteiger partial charge in [-0.3, -0.25) is 4.79 Å². The van der Waals surface area contributed by atoms with Gasteiger partial charge in [0.05, 0.1) is 16.8 Å². The summed E-state index contributed by atoms with van der Waals surface area (Å²) in [5, 5.41) is 21.0. The zero-order valence-electron chi connectivity index (χ0n) is 21.2. The number of carboxylic acid groups (broad SMARTS) is 2. The van der Waals surface area contributed by atoms with Gasteiger partial charge in [0.15, 0.2) is 5.82 Å². The average molecular weight is 498 g/mol. The van der Waals surface area contributed by atoms with E-state index in [1.54, 1.807) is 6.92 Å². The van der Waals surface area contributed by atoms with Crippen LogP contribution in [0, 0.1) is 33.9 Å². The largest absolute Gasteiger partial charge is 0.481 e. The number of aliphatic carboxylic acids is 1. The molecule has 1 amide bonds. The van der Waals surface area contributed by atoms with Crippen molar-refractivity contribution >= 4 is 29.4 Å². The highest BCUT2D eigenvalue weighted by Crippen LogP contribution is 2.58. The predicted molar refractivity (Wildman–Crippen MR) is 130 cm³/mol. The van der Waals surface area contributed by atoms with E-state index in [1.165, 1.54) is 11.0 Å². The van der Waals surface area contributed by atoms with Crippen molar-refractivity contribution in [2.24, 2.45) is 28.1 Å². The van der Waals surface area contributed by atoms with Gasteiger partial charge in [-0.25, -0.2) is 14.2 Å². The quantitative estimate of drug-likeness (QED) is 0.540. The van der Waals surface area contributed by atoms with Crippen molar-refractivity contribution in [2.45, 2.75) is 67.3 Å². The maximum atomic E-state index is 15.8. The van der Waals surface area contributed by atoms with E-state index in [4.69, 9.17) is 11.6 Å². The average Bonchev–Trinajstić information content (AvgIpc) is 2.61. The number of likely N-dealkylation sites (tertiary alicyclic amines) is 1. The highest BCUT2D eigenvalue weighted by atomic mass is 35.5. The van der Waals surface area contributed by atoms with E-state index in [0.717, 1.165) is 6.42 Å². The lowest BCUT2D eigenvalue weighted by molar-refractivity contribution is -0.184. The van der Waals surface area contributed by atoms with Gasteiger partial charge in [0, 0.05) is 44.1 Å². The standard InChI is InChI=1S/C25H37ClFN3O4/c1-14-20(24(5,6)7)25(21(31)32,17(23(2,3)4)13-30(14)22(33)34)12-15-19(27)16(11-18(26)28-15)29-9-8-10-29/h11,14,17,20H,8-10,12-13H2,1-7H3,(H,31,32)(H,33,34)/t14-,17?,20?,25-/m1/s1. The van der Waals surface area contributed by atoms with Gasteiger partial charge in [0.1, 0.15) is 5.15 Å². The molecule has 2 unspecified atom stereocenters. The summed E-state index contributed by atoms with van der Waals surface area (Å²) < 4.78 is 15.8. The van der Waals surface area contributed by atoms with Crippen molar-refractivity contribution in [1.29, 1.82) is 0 Å². The molecule has 4 atom stereocenters. The van der Waals surface area contributed by atoms with Gasteiger partial charge in [0.2, 0.25) is 0 Å². The molecule has 0 aromatic carbocycles. The molecule has 2 aliphatic heterocycles. The minimum Gasteiger partial charge on any atom is -0.481 e. The van der Waals surface area contributed by atoms with Gasteiger partial charge in [-0.05, 0) is 30.1 Å². The SMILES string of the molecule is C[C@@H]1C(C(C)(C)C)[C@](Cc2nc(Cl)cc(N3CCC3)c2F)(C(=O)O)C(C(C)(C)C)CN1C(=O)O. The van der Waals surface area contributed by atoms with Gasteiger partial charge in [-0.2, -0.15) is 0 Å². The second-order valence-corrected chi connectivity index (χ2v) is 12.4. The number of piperidine rings is 1. The first-order valence-corrected chi connectivity index (χ1v) is 12.2. The number of amides is 1. The lowest BCUT2D eigenvalue weighted by atomic mass is 9.48. The minimum atomic E-state index is -1.47. The number of carboxylic acids is 1. The summed E-state index contributed by atoms with van der Waals surface area (Å²) in [4.78, 5) is 33.0. The Morgan fingerprint density at radius 3 is 2.18 bits per heavy atom.